The molecule has 0 saturated heterocycles. The van der Waals surface area contributed by atoms with Gasteiger partial charge in [-0.25, -0.2) is 9.97 Å². The lowest BCUT2D eigenvalue weighted by Crippen LogP contribution is -2.40. The lowest BCUT2D eigenvalue weighted by molar-refractivity contribution is -0.128. The largest absolute Gasteiger partial charge is 0.365 e. The Labute approximate surface area is 127 Å². The lowest BCUT2D eigenvalue weighted by Gasteiger charge is -2.30. The summed E-state index contributed by atoms with van der Waals surface area (Å²) in [7, 11) is 1.43. The molecular formula is C17H14N2O3. The van der Waals surface area contributed by atoms with Gasteiger partial charge in [0.1, 0.15) is 0 Å². The van der Waals surface area contributed by atoms with Crippen molar-refractivity contribution in [3.8, 4) is 0 Å². The highest BCUT2D eigenvalue weighted by atomic mass is 16.5. The Bertz CT molecular complexity index is 839. The van der Waals surface area contributed by atoms with Crippen LogP contribution >= 0.6 is 0 Å². The molecule has 1 aliphatic carbocycles. The van der Waals surface area contributed by atoms with Crippen LogP contribution in [0.4, 0.5) is 0 Å². The molecule has 1 heterocycles. The van der Waals surface area contributed by atoms with Crippen LogP contribution in [0.2, 0.25) is 0 Å². The van der Waals surface area contributed by atoms with E-state index in [4.69, 9.17) is 4.74 Å². The van der Waals surface area contributed by atoms with Gasteiger partial charge in [-0.3, -0.25) is 9.59 Å². The number of carbonyl (C=O) groups excluding carboxylic acids is 2. The van der Waals surface area contributed by atoms with E-state index in [1.807, 2.05) is 24.3 Å². The lowest BCUT2D eigenvalue weighted by atomic mass is 9.82. The number of carbonyl (C=O) groups is 2. The number of ketones is 1. The summed E-state index contributed by atoms with van der Waals surface area (Å²) in [5.41, 5.74) is 0.209. The van der Waals surface area contributed by atoms with Gasteiger partial charge in [0.25, 0.3) is 0 Å². The summed E-state index contributed by atoms with van der Waals surface area (Å²) in [4.78, 5) is 32.4. The number of fused-ring (bicyclic) bond motifs is 1. The predicted molar refractivity (Wildman–Crippen MR) is 82.1 cm³/mol. The number of nitrogens with zero attached hydrogens (tertiary/aromatic N) is 2. The molecule has 0 radical (unpaired) electrons. The predicted octanol–water partition coefficient (Wildman–Crippen LogP) is 2.13. The Morgan fingerprint density at radius 3 is 2.73 bits per heavy atom. The number of allylic oxidation sites excluding steroid dienone is 2. The second-order valence-electron chi connectivity index (χ2n) is 5.14. The quantitative estimate of drug-likeness (QED) is 0.811. The topological polar surface area (TPSA) is 69.2 Å². The standard InChI is InChI=1S/C17H14N2O3/c1-17(22-2)14(21)8-7-12(10-20)15(17)16-18-9-11-5-3-4-6-13(11)19-16/h3-10H,1-2H3. The molecule has 0 saturated carbocycles. The summed E-state index contributed by atoms with van der Waals surface area (Å²) in [6.45, 7) is 1.62. The minimum absolute atomic E-state index is 0.243. The first-order valence-electron chi connectivity index (χ1n) is 6.80. The molecule has 0 N–H and O–H groups in total. The molecule has 5 heteroatoms. The number of rotatable bonds is 3. The molecule has 22 heavy (non-hydrogen) atoms. The molecule has 1 aliphatic rings. The molecular weight excluding hydrogens is 280 g/mol. The van der Waals surface area contributed by atoms with Gasteiger partial charge in [-0.2, -0.15) is 0 Å². The molecule has 2 aromatic rings. The Morgan fingerprint density at radius 1 is 1.23 bits per heavy atom. The van der Waals surface area contributed by atoms with E-state index in [1.54, 1.807) is 13.1 Å². The van der Waals surface area contributed by atoms with E-state index >= 15 is 0 Å². The molecule has 3 rings (SSSR count). The molecule has 1 unspecified atom stereocenters. The zero-order chi connectivity index (χ0) is 15.7. The van der Waals surface area contributed by atoms with E-state index in [2.05, 4.69) is 9.97 Å². The summed E-state index contributed by atoms with van der Waals surface area (Å²) in [5.74, 6) is 0.0789. The van der Waals surface area contributed by atoms with Crippen LogP contribution in [0, 0.1) is 0 Å². The van der Waals surface area contributed by atoms with Crippen LogP contribution in [0.3, 0.4) is 0 Å². The first-order chi connectivity index (χ1) is 10.6. The fraction of sp³-hybridized carbons (Fsp3) is 0.176. The number of ether oxygens (including phenoxy) is 1. The van der Waals surface area contributed by atoms with E-state index < -0.39 is 5.60 Å². The summed E-state index contributed by atoms with van der Waals surface area (Å²) in [6, 6.07) is 7.52. The van der Waals surface area contributed by atoms with Crippen LogP contribution < -0.4 is 0 Å². The monoisotopic (exact) mass is 294 g/mol. The maximum Gasteiger partial charge on any atom is 0.191 e. The normalized spacial score (nSPS) is 21.5. The van der Waals surface area contributed by atoms with E-state index in [-0.39, 0.29) is 5.78 Å². The van der Waals surface area contributed by atoms with Crippen molar-refractivity contribution < 1.29 is 14.3 Å². The van der Waals surface area contributed by atoms with Crippen LogP contribution in [0.1, 0.15) is 12.7 Å². The number of benzene rings is 1. The van der Waals surface area contributed by atoms with E-state index in [1.165, 1.54) is 19.3 Å². The molecule has 1 aromatic carbocycles. The molecule has 5 nitrogen and oxygen atoms in total. The van der Waals surface area contributed by atoms with E-state index in [9.17, 15) is 9.59 Å². The third kappa shape index (κ3) is 2.07. The minimum atomic E-state index is -1.27. The second-order valence-corrected chi connectivity index (χ2v) is 5.14. The molecule has 1 aromatic heterocycles. The number of methoxy groups -OCH3 is 1. The first-order valence-corrected chi connectivity index (χ1v) is 6.80. The van der Waals surface area contributed by atoms with Crippen molar-refractivity contribution in [2.45, 2.75) is 12.5 Å². The summed E-state index contributed by atoms with van der Waals surface area (Å²) < 4.78 is 5.40. The van der Waals surface area contributed by atoms with Gasteiger partial charge in [-0.1, -0.05) is 18.2 Å². The van der Waals surface area contributed by atoms with Crippen LogP contribution in [0.25, 0.3) is 16.5 Å². The van der Waals surface area contributed by atoms with Gasteiger partial charge in [0.15, 0.2) is 23.5 Å². The summed E-state index contributed by atoms with van der Waals surface area (Å²) in [5, 5.41) is 0.885. The Kier molecular flexibility index (Phi) is 3.42. The van der Waals surface area contributed by atoms with E-state index in [0.29, 0.717) is 23.3 Å². The maximum atomic E-state index is 12.2. The molecule has 0 aliphatic heterocycles. The fourth-order valence-corrected chi connectivity index (χ4v) is 2.54. The number of para-hydroxylation sites is 1. The van der Waals surface area contributed by atoms with Gasteiger partial charge in [-0.05, 0) is 25.1 Å². The molecule has 0 amide bonds. The second kappa shape index (κ2) is 5.27. The summed E-state index contributed by atoms with van der Waals surface area (Å²) in [6.07, 6.45) is 5.18. The highest BCUT2D eigenvalue weighted by molar-refractivity contribution is 6.13. The average molecular weight is 294 g/mol. The van der Waals surface area contributed by atoms with E-state index in [0.717, 1.165) is 10.9 Å². The van der Waals surface area contributed by atoms with Gasteiger partial charge in [0, 0.05) is 29.8 Å². The summed E-state index contributed by atoms with van der Waals surface area (Å²) >= 11 is 0. The van der Waals surface area contributed by atoms with Crippen molar-refractivity contribution in [2.75, 3.05) is 7.11 Å². The Hall–Kier alpha value is -2.66. The third-order valence-corrected chi connectivity index (χ3v) is 3.90. The van der Waals surface area contributed by atoms with Crippen molar-refractivity contribution in [2.24, 2.45) is 0 Å². The molecule has 110 valence electrons. The maximum absolute atomic E-state index is 12.2. The smallest absolute Gasteiger partial charge is 0.191 e. The number of hydrogen-bond donors (Lipinski definition) is 0. The molecule has 0 fully saturated rings. The molecule has 0 bridgehead atoms. The third-order valence-electron chi connectivity index (χ3n) is 3.90. The molecule has 1 atom stereocenters. The van der Waals surface area contributed by atoms with Crippen LogP contribution in [-0.4, -0.2) is 34.7 Å². The fourth-order valence-electron chi connectivity index (χ4n) is 2.54. The van der Waals surface area contributed by atoms with Crippen LogP contribution in [-0.2, 0) is 14.3 Å². The van der Waals surface area contributed by atoms with Crippen molar-refractivity contribution in [3.63, 3.8) is 0 Å². The van der Waals surface area contributed by atoms with Gasteiger partial charge < -0.3 is 4.74 Å². The Morgan fingerprint density at radius 2 is 2.00 bits per heavy atom. The Balaban J connectivity index is 2.28. The highest BCUT2D eigenvalue weighted by Gasteiger charge is 2.41. The van der Waals surface area contributed by atoms with Crippen LogP contribution in [0.15, 0.2) is 48.2 Å². The van der Waals surface area contributed by atoms with Crippen LogP contribution in [0.5, 0.6) is 0 Å². The number of aldehydes is 1. The first kappa shape index (κ1) is 14.3. The zero-order valence-electron chi connectivity index (χ0n) is 12.2. The van der Waals surface area contributed by atoms with Gasteiger partial charge in [0.2, 0.25) is 0 Å². The van der Waals surface area contributed by atoms with Crippen molar-refractivity contribution in [1.82, 2.24) is 9.97 Å². The number of aromatic nitrogens is 2. The molecule has 0 spiro atoms. The van der Waals surface area contributed by atoms with Crippen molar-refractivity contribution in [3.05, 3.63) is 54.0 Å². The van der Waals surface area contributed by atoms with Gasteiger partial charge in [-0.15, -0.1) is 0 Å². The van der Waals surface area contributed by atoms with Crippen molar-refractivity contribution in [1.29, 1.82) is 0 Å². The highest BCUT2D eigenvalue weighted by Crippen LogP contribution is 2.35. The number of hydrogen-bond acceptors (Lipinski definition) is 5. The van der Waals surface area contributed by atoms with Crippen molar-refractivity contribution >= 4 is 28.5 Å². The zero-order valence-corrected chi connectivity index (χ0v) is 12.2. The van der Waals surface area contributed by atoms with Gasteiger partial charge in [0.05, 0.1) is 5.52 Å². The SMILES string of the molecule is COC1(C)C(=O)C=CC(C=O)=C1c1ncc2ccccc2n1. The van der Waals surface area contributed by atoms with Gasteiger partial charge >= 0.3 is 0 Å². The minimum Gasteiger partial charge on any atom is -0.365 e. The average Bonchev–Trinajstić information content (AvgIpc) is 2.56.